The van der Waals surface area contributed by atoms with Crippen molar-refractivity contribution in [2.75, 3.05) is 13.1 Å². The highest BCUT2D eigenvalue weighted by atomic mass is 32.1. The van der Waals surface area contributed by atoms with Crippen molar-refractivity contribution in [3.05, 3.63) is 35.9 Å². The van der Waals surface area contributed by atoms with Crippen LogP contribution in [0.25, 0.3) is 0 Å². The van der Waals surface area contributed by atoms with Gasteiger partial charge in [-0.2, -0.15) is 0 Å². The molecule has 1 unspecified atom stereocenters. The van der Waals surface area contributed by atoms with Gasteiger partial charge < -0.3 is 10.1 Å². The molecule has 0 aliphatic carbocycles. The first kappa shape index (κ1) is 13.6. The predicted molar refractivity (Wildman–Crippen MR) is 85.7 cm³/mol. The smallest absolute Gasteiger partial charge is 0.256 e. The Hall–Kier alpha value is -1.36. The van der Waals surface area contributed by atoms with Crippen molar-refractivity contribution < 1.29 is 4.79 Å². The largest absolute Gasteiger partial charge is 0.408 e. The molecule has 0 saturated carbocycles. The summed E-state index contributed by atoms with van der Waals surface area (Å²) in [6.45, 7) is 4.32. The molecule has 1 aromatic carbocycles. The van der Waals surface area contributed by atoms with Crippen LogP contribution in [0.2, 0.25) is 6.82 Å². The van der Waals surface area contributed by atoms with Crippen LogP contribution in [0, 0.1) is 5.41 Å². The Labute approximate surface area is 125 Å². The Bertz CT molecular complexity index is 536. The van der Waals surface area contributed by atoms with Crippen LogP contribution in [0.1, 0.15) is 18.4 Å². The average Bonchev–Trinajstić information content (AvgIpc) is 2.45. The van der Waals surface area contributed by atoms with E-state index in [1.807, 2.05) is 6.07 Å². The van der Waals surface area contributed by atoms with E-state index in [9.17, 15) is 4.79 Å². The second-order valence-corrected chi connectivity index (χ2v) is 6.42. The zero-order valence-electron chi connectivity index (χ0n) is 11.8. The predicted octanol–water partition coefficient (Wildman–Crippen LogP) is 1.93. The number of nitrogens with zero attached hydrogens (tertiary/aromatic N) is 1. The van der Waals surface area contributed by atoms with Gasteiger partial charge in [0.1, 0.15) is 0 Å². The molecule has 2 aliphatic rings. The highest BCUT2D eigenvalue weighted by Gasteiger charge is 2.52. The number of amides is 1. The van der Waals surface area contributed by atoms with Crippen molar-refractivity contribution in [2.45, 2.75) is 26.0 Å². The molecule has 1 N–H and O–H groups in total. The maximum absolute atomic E-state index is 11.6. The molecule has 5 heteroatoms. The van der Waals surface area contributed by atoms with Crippen molar-refractivity contribution in [2.24, 2.45) is 5.41 Å². The zero-order chi connectivity index (χ0) is 14.2. The first-order valence-corrected chi connectivity index (χ1v) is 7.63. The normalized spacial score (nSPS) is 25.4. The monoisotopic (exact) mass is 286 g/mol. The van der Waals surface area contributed by atoms with Gasteiger partial charge in [0.25, 0.3) is 6.85 Å². The summed E-state index contributed by atoms with van der Waals surface area (Å²) in [5, 5.41) is 2.89. The minimum atomic E-state index is -0.0252. The van der Waals surface area contributed by atoms with Crippen LogP contribution in [-0.2, 0) is 11.1 Å². The molecule has 20 heavy (non-hydrogen) atoms. The van der Waals surface area contributed by atoms with Crippen LogP contribution in [0.3, 0.4) is 0 Å². The van der Waals surface area contributed by atoms with Crippen molar-refractivity contribution in [1.82, 2.24) is 10.1 Å². The topological polar surface area (TPSA) is 32.3 Å². The third-order valence-electron chi connectivity index (χ3n) is 4.52. The highest BCUT2D eigenvalue weighted by molar-refractivity contribution is 7.80. The minimum Gasteiger partial charge on any atom is -0.408 e. The number of hydrogen-bond donors (Lipinski definition) is 1. The number of carbonyl (C=O) groups excluding carboxylic acids is 1. The number of benzene rings is 1. The van der Waals surface area contributed by atoms with E-state index in [0.717, 1.165) is 30.8 Å². The van der Waals surface area contributed by atoms with Crippen molar-refractivity contribution in [3.63, 3.8) is 0 Å². The molecule has 1 spiro atoms. The first-order valence-electron chi connectivity index (χ1n) is 7.22. The van der Waals surface area contributed by atoms with Gasteiger partial charge in [0.2, 0.25) is 5.91 Å². The van der Waals surface area contributed by atoms with E-state index in [1.54, 1.807) is 0 Å². The Kier molecular flexibility index (Phi) is 3.54. The standard InChI is InChI=1S/C15H19BN2OS/c1-16(10-12-5-3-2-4-6-12)18-11-15(14(18)20)7-8-17-13(19)9-15/h2-6H,7-11H2,1H3,(H,17,19). The fraction of sp³-hybridized carbons (Fsp3) is 0.467. The van der Waals surface area contributed by atoms with E-state index in [1.165, 1.54) is 5.56 Å². The number of piperidine rings is 1. The van der Waals surface area contributed by atoms with Gasteiger partial charge in [-0.05, 0) is 12.7 Å². The van der Waals surface area contributed by atoms with Gasteiger partial charge in [0.15, 0.2) is 0 Å². The van der Waals surface area contributed by atoms with Crippen molar-refractivity contribution in [3.8, 4) is 0 Å². The molecule has 104 valence electrons. The molecule has 2 aliphatic heterocycles. The summed E-state index contributed by atoms with van der Waals surface area (Å²) >= 11 is 5.63. The fourth-order valence-corrected chi connectivity index (χ4v) is 3.80. The van der Waals surface area contributed by atoms with Gasteiger partial charge in [-0.3, -0.25) is 4.79 Å². The second kappa shape index (κ2) is 5.21. The molecule has 1 atom stereocenters. The number of nitrogens with one attached hydrogen (secondary N) is 1. The van der Waals surface area contributed by atoms with Gasteiger partial charge in [0.05, 0.1) is 4.99 Å². The van der Waals surface area contributed by atoms with Gasteiger partial charge in [-0.15, -0.1) is 0 Å². The van der Waals surface area contributed by atoms with Crippen LogP contribution >= 0.6 is 12.2 Å². The summed E-state index contributed by atoms with van der Waals surface area (Å²) in [6, 6.07) is 10.5. The zero-order valence-corrected chi connectivity index (χ0v) is 12.6. The molecule has 3 nitrogen and oxygen atoms in total. The van der Waals surface area contributed by atoms with Gasteiger partial charge in [-0.1, -0.05) is 54.9 Å². The molecule has 2 heterocycles. The van der Waals surface area contributed by atoms with Gasteiger partial charge in [-0.25, -0.2) is 0 Å². The van der Waals surface area contributed by atoms with Gasteiger partial charge >= 0.3 is 0 Å². The third-order valence-corrected chi connectivity index (χ3v) is 5.19. The van der Waals surface area contributed by atoms with E-state index in [0.29, 0.717) is 13.3 Å². The lowest BCUT2D eigenvalue weighted by Crippen LogP contribution is -2.68. The number of rotatable bonds is 3. The maximum Gasteiger partial charge on any atom is 0.256 e. The van der Waals surface area contributed by atoms with Crippen LogP contribution in [0.4, 0.5) is 0 Å². The molecule has 2 saturated heterocycles. The summed E-state index contributed by atoms with van der Waals surface area (Å²) in [5.41, 5.74) is 1.31. The Morgan fingerprint density at radius 1 is 1.40 bits per heavy atom. The van der Waals surface area contributed by atoms with Crippen LogP contribution in [0.5, 0.6) is 0 Å². The number of carbonyl (C=O) groups is 1. The number of thiocarbonyl (C=S) groups is 1. The highest BCUT2D eigenvalue weighted by Crippen LogP contribution is 2.42. The molecule has 0 radical (unpaired) electrons. The lowest BCUT2D eigenvalue weighted by Gasteiger charge is -2.55. The maximum atomic E-state index is 11.6. The fourth-order valence-electron chi connectivity index (χ4n) is 3.32. The molecular formula is C15H19BN2OS. The van der Waals surface area contributed by atoms with Crippen LogP contribution in [-0.4, -0.2) is 35.6 Å². The number of hydrogen-bond acceptors (Lipinski definition) is 2. The lowest BCUT2D eigenvalue weighted by atomic mass is 9.53. The molecular weight excluding hydrogens is 267 g/mol. The first-order chi connectivity index (χ1) is 9.61. The Balaban J connectivity index is 1.63. The van der Waals surface area contributed by atoms with E-state index in [2.05, 4.69) is 41.2 Å². The van der Waals surface area contributed by atoms with E-state index < -0.39 is 0 Å². The van der Waals surface area contributed by atoms with Crippen molar-refractivity contribution in [1.29, 1.82) is 0 Å². The molecule has 0 bridgehead atoms. The van der Waals surface area contributed by atoms with E-state index in [-0.39, 0.29) is 11.3 Å². The van der Waals surface area contributed by atoms with Crippen molar-refractivity contribution >= 4 is 30.0 Å². The molecule has 2 fully saturated rings. The van der Waals surface area contributed by atoms with E-state index in [4.69, 9.17) is 12.2 Å². The molecule has 1 amide bonds. The van der Waals surface area contributed by atoms with E-state index >= 15 is 0 Å². The summed E-state index contributed by atoms with van der Waals surface area (Å²) in [7, 11) is 0. The minimum absolute atomic E-state index is 0.0252. The molecule has 3 rings (SSSR count). The van der Waals surface area contributed by atoms with Crippen LogP contribution in [0.15, 0.2) is 30.3 Å². The molecule has 1 aromatic rings. The quantitative estimate of drug-likeness (QED) is 0.680. The summed E-state index contributed by atoms with van der Waals surface area (Å²) in [5.74, 6) is 0.147. The summed E-state index contributed by atoms with van der Waals surface area (Å²) in [4.78, 5) is 14.9. The summed E-state index contributed by atoms with van der Waals surface area (Å²) in [6.07, 6.45) is 2.57. The third kappa shape index (κ3) is 2.35. The SMILES string of the molecule is CB(Cc1ccccc1)N1CC2(CCNC(=O)C2)C1=S. The Morgan fingerprint density at radius 3 is 2.80 bits per heavy atom. The second-order valence-electron chi connectivity index (χ2n) is 6.03. The summed E-state index contributed by atoms with van der Waals surface area (Å²) < 4.78 is 0. The van der Waals surface area contributed by atoms with Crippen LogP contribution < -0.4 is 5.32 Å². The average molecular weight is 286 g/mol. The molecule has 0 aromatic heterocycles. The Morgan fingerprint density at radius 2 is 2.15 bits per heavy atom. The van der Waals surface area contributed by atoms with Gasteiger partial charge in [0, 0.05) is 24.9 Å². The lowest BCUT2D eigenvalue weighted by molar-refractivity contribution is -0.125.